The summed E-state index contributed by atoms with van der Waals surface area (Å²) in [6.45, 7) is 11.1. The van der Waals surface area contributed by atoms with Crippen LogP contribution in [0.1, 0.15) is 33.3 Å². The summed E-state index contributed by atoms with van der Waals surface area (Å²) < 4.78 is 23.5. The van der Waals surface area contributed by atoms with Gasteiger partial charge in [0, 0.05) is 5.56 Å². The molecule has 0 fully saturated rings. The number of hydrogen-bond donors (Lipinski definition) is 2. The van der Waals surface area contributed by atoms with Gasteiger partial charge in [0.15, 0.2) is 17.3 Å². The van der Waals surface area contributed by atoms with Crippen LogP contribution in [-0.4, -0.2) is 41.4 Å². The Labute approximate surface area is 159 Å². The topological polar surface area (TPSA) is 128 Å². The maximum absolute atomic E-state index is 5.91. The Morgan fingerprint density at radius 1 is 0.630 bits per heavy atom. The third-order valence-electron chi connectivity index (χ3n) is 3.61. The molecule has 0 aliphatic carbocycles. The quantitative estimate of drug-likeness (QED) is 0.677. The highest BCUT2D eigenvalue weighted by Gasteiger charge is 2.29. The van der Waals surface area contributed by atoms with Crippen LogP contribution in [0.15, 0.2) is 0 Å². The summed E-state index contributed by atoms with van der Waals surface area (Å²) in [5.74, 6) is 2.23. The molecule has 9 heteroatoms. The molecule has 1 aromatic heterocycles. The third-order valence-corrected chi connectivity index (χ3v) is 3.61. The second-order valence-electron chi connectivity index (χ2n) is 5.42. The van der Waals surface area contributed by atoms with Gasteiger partial charge in [0.2, 0.25) is 23.4 Å². The Balaban J connectivity index is 2.91. The summed E-state index contributed by atoms with van der Waals surface area (Å²) in [6.07, 6.45) is 0. The molecule has 0 bridgehead atoms. The van der Waals surface area contributed by atoms with Crippen LogP contribution in [0.3, 0.4) is 0 Å². The van der Waals surface area contributed by atoms with E-state index >= 15 is 0 Å². The second kappa shape index (κ2) is 9.11. The van der Waals surface area contributed by atoms with Gasteiger partial charge in [-0.1, -0.05) is 0 Å². The Morgan fingerprint density at radius 2 is 1.04 bits per heavy atom. The molecular weight excluding hydrogens is 350 g/mol. The van der Waals surface area contributed by atoms with Crippen LogP contribution in [0.5, 0.6) is 23.0 Å². The molecule has 148 valence electrons. The van der Waals surface area contributed by atoms with Crippen molar-refractivity contribution in [2.24, 2.45) is 0 Å². The van der Waals surface area contributed by atoms with E-state index < -0.39 is 0 Å². The van der Waals surface area contributed by atoms with Gasteiger partial charge in [-0.15, -0.1) is 0 Å². The Bertz CT molecular complexity index is 778. The number of aromatic nitrogens is 3. The zero-order valence-electron chi connectivity index (χ0n) is 16.5. The Hall–Kier alpha value is -2.97. The molecule has 0 atom stereocenters. The van der Waals surface area contributed by atoms with Crippen molar-refractivity contribution >= 4 is 11.9 Å². The number of anilines is 2. The van der Waals surface area contributed by atoms with E-state index in [0.717, 1.165) is 5.56 Å². The molecule has 0 saturated heterocycles. The lowest BCUT2D eigenvalue weighted by molar-refractivity contribution is 0.244. The molecule has 2 aromatic rings. The molecule has 9 nitrogen and oxygen atoms in total. The number of hydrogen-bond acceptors (Lipinski definition) is 9. The fourth-order valence-electron chi connectivity index (χ4n) is 2.72. The van der Waals surface area contributed by atoms with Gasteiger partial charge in [-0.05, 0) is 34.6 Å². The molecule has 0 aliphatic heterocycles. The molecule has 1 heterocycles. The van der Waals surface area contributed by atoms with E-state index in [1.807, 2.05) is 34.6 Å². The smallest absolute Gasteiger partial charge is 0.225 e. The maximum atomic E-state index is 5.91. The molecule has 27 heavy (non-hydrogen) atoms. The largest absolute Gasteiger partial charge is 0.490 e. The van der Waals surface area contributed by atoms with Crippen LogP contribution >= 0.6 is 0 Å². The molecule has 4 N–H and O–H groups in total. The maximum Gasteiger partial charge on any atom is 0.225 e. The van der Waals surface area contributed by atoms with Crippen LogP contribution in [-0.2, 0) is 0 Å². The minimum Gasteiger partial charge on any atom is -0.490 e. The van der Waals surface area contributed by atoms with Crippen LogP contribution in [0.25, 0.3) is 11.4 Å². The number of nitrogens with two attached hydrogens (primary N) is 2. The molecule has 0 spiro atoms. The van der Waals surface area contributed by atoms with Crippen molar-refractivity contribution in [1.29, 1.82) is 0 Å². The zero-order chi connectivity index (χ0) is 20.0. The first kappa shape index (κ1) is 20.3. The predicted molar refractivity (Wildman–Crippen MR) is 104 cm³/mol. The predicted octanol–water partition coefficient (Wildman–Crippen LogP) is 2.61. The SMILES string of the molecule is CCOc1c(C)c(-c2nc(N)nc(N)n2)c(OCC)c(OCC)c1OCC. The number of nitrogens with zero attached hydrogens (tertiary/aromatic N) is 3. The number of ether oxygens (including phenoxy) is 4. The minimum absolute atomic E-state index is 0.0177. The summed E-state index contributed by atoms with van der Waals surface area (Å²) in [5, 5.41) is 0. The number of rotatable bonds is 9. The molecule has 0 saturated carbocycles. The van der Waals surface area contributed by atoms with Gasteiger partial charge in [-0.25, -0.2) is 0 Å². The van der Waals surface area contributed by atoms with Crippen molar-refractivity contribution in [2.75, 3.05) is 37.9 Å². The standard InChI is InChI=1S/C18H27N5O4/c1-6-24-12-10(5)11(16-21-17(19)23-18(20)22-16)13(25-7-2)15(27-9-4)14(12)26-8-3/h6-9H2,1-5H3,(H4,19,20,21,22,23). The van der Waals surface area contributed by atoms with E-state index in [9.17, 15) is 0 Å². The first-order valence-electron chi connectivity index (χ1n) is 8.97. The van der Waals surface area contributed by atoms with E-state index in [-0.39, 0.29) is 17.7 Å². The summed E-state index contributed by atoms with van der Waals surface area (Å²) >= 11 is 0. The van der Waals surface area contributed by atoms with E-state index in [1.165, 1.54) is 0 Å². The van der Waals surface area contributed by atoms with Crippen LogP contribution < -0.4 is 30.4 Å². The summed E-state index contributed by atoms with van der Waals surface area (Å²) in [4.78, 5) is 12.3. The minimum atomic E-state index is 0.0177. The number of benzene rings is 1. The molecule has 1 aromatic carbocycles. The molecule has 0 amide bonds. The van der Waals surface area contributed by atoms with Crippen molar-refractivity contribution in [1.82, 2.24) is 15.0 Å². The van der Waals surface area contributed by atoms with E-state index in [1.54, 1.807) is 0 Å². The van der Waals surface area contributed by atoms with Crippen LogP contribution in [0.2, 0.25) is 0 Å². The molecule has 0 unspecified atom stereocenters. The summed E-state index contributed by atoms with van der Waals surface area (Å²) in [6, 6.07) is 0. The second-order valence-corrected chi connectivity index (χ2v) is 5.42. The van der Waals surface area contributed by atoms with Gasteiger partial charge in [0.25, 0.3) is 0 Å². The van der Waals surface area contributed by atoms with Gasteiger partial charge in [-0.3, -0.25) is 0 Å². The fraction of sp³-hybridized carbons (Fsp3) is 0.500. The lowest BCUT2D eigenvalue weighted by Crippen LogP contribution is -2.10. The first-order valence-corrected chi connectivity index (χ1v) is 8.97. The zero-order valence-corrected chi connectivity index (χ0v) is 16.5. The number of nitrogen functional groups attached to an aromatic ring is 2. The Kier molecular flexibility index (Phi) is 6.86. The average molecular weight is 377 g/mol. The fourth-order valence-corrected chi connectivity index (χ4v) is 2.72. The highest BCUT2D eigenvalue weighted by Crippen LogP contribution is 2.52. The van der Waals surface area contributed by atoms with Crippen molar-refractivity contribution < 1.29 is 18.9 Å². The van der Waals surface area contributed by atoms with Gasteiger partial charge >= 0.3 is 0 Å². The highest BCUT2D eigenvalue weighted by atomic mass is 16.6. The average Bonchev–Trinajstić information content (AvgIpc) is 2.61. The van der Waals surface area contributed by atoms with Crippen LogP contribution in [0, 0.1) is 6.92 Å². The van der Waals surface area contributed by atoms with E-state index in [0.29, 0.717) is 55.0 Å². The molecular formula is C18H27N5O4. The lowest BCUT2D eigenvalue weighted by Gasteiger charge is -2.23. The monoisotopic (exact) mass is 377 g/mol. The lowest BCUT2D eigenvalue weighted by atomic mass is 10.0. The first-order chi connectivity index (χ1) is 13.0. The summed E-state index contributed by atoms with van der Waals surface area (Å²) in [7, 11) is 0. The van der Waals surface area contributed by atoms with Crippen molar-refractivity contribution in [3.63, 3.8) is 0 Å². The molecule has 2 rings (SSSR count). The van der Waals surface area contributed by atoms with E-state index in [4.69, 9.17) is 30.4 Å². The van der Waals surface area contributed by atoms with Crippen LogP contribution in [0.4, 0.5) is 11.9 Å². The van der Waals surface area contributed by atoms with Gasteiger partial charge in [-0.2, -0.15) is 15.0 Å². The van der Waals surface area contributed by atoms with Crippen molar-refractivity contribution in [2.45, 2.75) is 34.6 Å². The van der Waals surface area contributed by atoms with Gasteiger partial charge < -0.3 is 30.4 Å². The van der Waals surface area contributed by atoms with Gasteiger partial charge in [0.05, 0.1) is 32.0 Å². The van der Waals surface area contributed by atoms with E-state index in [2.05, 4.69) is 15.0 Å². The van der Waals surface area contributed by atoms with Crippen molar-refractivity contribution in [3.8, 4) is 34.4 Å². The van der Waals surface area contributed by atoms with Gasteiger partial charge in [0.1, 0.15) is 0 Å². The third kappa shape index (κ3) is 4.24. The highest BCUT2D eigenvalue weighted by molar-refractivity contribution is 5.80. The Morgan fingerprint density at radius 3 is 1.52 bits per heavy atom. The molecule has 0 radical (unpaired) electrons. The normalized spacial score (nSPS) is 10.6. The van der Waals surface area contributed by atoms with Crippen molar-refractivity contribution in [3.05, 3.63) is 5.56 Å². The molecule has 0 aliphatic rings. The summed E-state index contributed by atoms with van der Waals surface area (Å²) in [5.41, 5.74) is 12.9.